The second kappa shape index (κ2) is 10.6. The Bertz CT molecular complexity index is 920. The highest BCUT2D eigenvalue weighted by Crippen LogP contribution is 2.23. The lowest BCUT2D eigenvalue weighted by molar-refractivity contribution is -0.122. The first-order chi connectivity index (χ1) is 14.1. The number of carbonyl (C=O) groups is 1. The van der Waals surface area contributed by atoms with Crippen LogP contribution in [0.15, 0.2) is 48.5 Å². The smallest absolute Gasteiger partial charge is 0.243 e. The summed E-state index contributed by atoms with van der Waals surface area (Å²) in [6.07, 6.45) is 3.20. The van der Waals surface area contributed by atoms with Crippen LogP contribution >= 0.6 is 0 Å². The van der Waals surface area contributed by atoms with Crippen LogP contribution in [0.25, 0.3) is 0 Å². The molecule has 164 valence electrons. The number of carbonyl (C=O) groups excluding carboxylic acids is 1. The van der Waals surface area contributed by atoms with Crippen LogP contribution < -0.4 is 9.62 Å². The van der Waals surface area contributed by atoms with E-state index in [1.807, 2.05) is 26.0 Å². The van der Waals surface area contributed by atoms with Crippen LogP contribution in [0.5, 0.6) is 0 Å². The monoisotopic (exact) mass is 430 g/mol. The van der Waals surface area contributed by atoms with Crippen molar-refractivity contribution in [3.05, 3.63) is 65.2 Å². The van der Waals surface area contributed by atoms with Gasteiger partial charge in [-0.1, -0.05) is 62.7 Å². The Morgan fingerprint density at radius 1 is 1.03 bits per heavy atom. The van der Waals surface area contributed by atoms with Gasteiger partial charge in [-0.25, -0.2) is 8.42 Å². The molecular formula is C24H34N2O3S. The van der Waals surface area contributed by atoms with Gasteiger partial charge < -0.3 is 5.32 Å². The van der Waals surface area contributed by atoms with Crippen molar-refractivity contribution < 1.29 is 13.2 Å². The molecule has 1 atom stereocenters. The summed E-state index contributed by atoms with van der Waals surface area (Å²) in [5.74, 6) is 0.245. The number of nitrogens with zero attached hydrogens (tertiary/aromatic N) is 1. The first-order valence-corrected chi connectivity index (χ1v) is 12.4. The van der Waals surface area contributed by atoms with Gasteiger partial charge in [0.2, 0.25) is 15.9 Å². The van der Waals surface area contributed by atoms with Gasteiger partial charge in [0.1, 0.15) is 6.04 Å². The normalized spacial score (nSPS) is 12.6. The van der Waals surface area contributed by atoms with Gasteiger partial charge >= 0.3 is 0 Å². The highest BCUT2D eigenvalue weighted by molar-refractivity contribution is 7.92. The minimum Gasteiger partial charge on any atom is -0.354 e. The third-order valence-electron chi connectivity index (χ3n) is 5.21. The van der Waals surface area contributed by atoms with Gasteiger partial charge in [0.25, 0.3) is 0 Å². The molecule has 0 heterocycles. The zero-order valence-electron chi connectivity index (χ0n) is 18.7. The largest absolute Gasteiger partial charge is 0.354 e. The van der Waals surface area contributed by atoms with Crippen molar-refractivity contribution in [1.82, 2.24) is 5.32 Å². The number of benzene rings is 2. The van der Waals surface area contributed by atoms with E-state index in [4.69, 9.17) is 0 Å². The summed E-state index contributed by atoms with van der Waals surface area (Å²) in [5, 5.41) is 2.92. The second-order valence-corrected chi connectivity index (χ2v) is 9.97. The van der Waals surface area contributed by atoms with E-state index < -0.39 is 16.1 Å². The molecule has 0 aliphatic rings. The van der Waals surface area contributed by atoms with Crippen LogP contribution in [0, 0.1) is 6.92 Å². The average Bonchev–Trinajstić information content (AvgIpc) is 2.69. The molecule has 2 rings (SSSR count). The third-order valence-corrected chi connectivity index (χ3v) is 6.39. The van der Waals surface area contributed by atoms with Crippen molar-refractivity contribution in [1.29, 1.82) is 0 Å². The fourth-order valence-electron chi connectivity index (χ4n) is 3.44. The van der Waals surface area contributed by atoms with E-state index in [0.717, 1.165) is 24.7 Å². The maximum Gasteiger partial charge on any atom is 0.243 e. The fourth-order valence-corrected chi connectivity index (χ4v) is 4.65. The standard InChI is InChI=1S/C24H34N2O3S/c1-6-23(26(30(5,28)29)22-15-9-19(4)10-16-22)24(27)25-17-7-8-20-11-13-21(14-12-20)18(2)3/h9-16,18,23H,6-8,17H2,1-5H3,(H,25,27). The molecule has 1 amide bonds. The Kier molecular flexibility index (Phi) is 8.47. The predicted octanol–water partition coefficient (Wildman–Crippen LogP) is 4.41. The average molecular weight is 431 g/mol. The van der Waals surface area contributed by atoms with E-state index in [9.17, 15) is 13.2 Å². The zero-order chi connectivity index (χ0) is 22.3. The molecule has 0 aliphatic heterocycles. The molecule has 1 unspecified atom stereocenters. The van der Waals surface area contributed by atoms with E-state index in [2.05, 4.69) is 43.4 Å². The number of rotatable bonds is 10. The SMILES string of the molecule is CCC(C(=O)NCCCc1ccc(C(C)C)cc1)N(c1ccc(C)cc1)S(C)(=O)=O. The molecular weight excluding hydrogens is 396 g/mol. The van der Waals surface area contributed by atoms with Gasteiger partial charge in [0, 0.05) is 6.54 Å². The van der Waals surface area contributed by atoms with Crippen molar-refractivity contribution in [2.45, 2.75) is 58.9 Å². The molecule has 0 fully saturated rings. The van der Waals surface area contributed by atoms with Crippen LogP contribution in [-0.2, 0) is 21.2 Å². The molecule has 2 aromatic carbocycles. The molecule has 0 bridgehead atoms. The van der Waals surface area contributed by atoms with E-state index in [1.54, 1.807) is 12.1 Å². The number of anilines is 1. The third kappa shape index (κ3) is 6.59. The second-order valence-electron chi connectivity index (χ2n) is 8.11. The Morgan fingerprint density at radius 2 is 1.63 bits per heavy atom. The molecule has 1 N–H and O–H groups in total. The molecule has 0 saturated heterocycles. The van der Waals surface area contributed by atoms with E-state index in [0.29, 0.717) is 24.6 Å². The number of hydrogen-bond acceptors (Lipinski definition) is 3. The molecule has 0 aromatic heterocycles. The summed E-state index contributed by atoms with van der Waals surface area (Å²) in [4.78, 5) is 12.8. The molecule has 30 heavy (non-hydrogen) atoms. The van der Waals surface area contributed by atoms with Crippen LogP contribution in [0.3, 0.4) is 0 Å². The van der Waals surface area contributed by atoms with Crippen molar-refractivity contribution >= 4 is 21.6 Å². The summed E-state index contributed by atoms with van der Waals surface area (Å²) in [6, 6.07) is 15.0. The van der Waals surface area contributed by atoms with Gasteiger partial charge in [-0.2, -0.15) is 0 Å². The molecule has 6 heteroatoms. The lowest BCUT2D eigenvalue weighted by atomic mass is 10.0. The Balaban J connectivity index is 1.99. The van der Waals surface area contributed by atoms with Gasteiger partial charge in [-0.15, -0.1) is 0 Å². The molecule has 2 aromatic rings. The first-order valence-electron chi connectivity index (χ1n) is 10.6. The molecule has 0 spiro atoms. The summed E-state index contributed by atoms with van der Waals surface area (Å²) in [7, 11) is -3.60. The lowest BCUT2D eigenvalue weighted by Crippen LogP contribution is -2.49. The fraction of sp³-hybridized carbons (Fsp3) is 0.458. The van der Waals surface area contributed by atoms with E-state index in [-0.39, 0.29) is 5.91 Å². The molecule has 0 radical (unpaired) electrons. The number of nitrogens with one attached hydrogen (secondary N) is 1. The summed E-state index contributed by atoms with van der Waals surface area (Å²) < 4.78 is 26.1. The molecule has 0 saturated carbocycles. The Morgan fingerprint density at radius 3 is 2.13 bits per heavy atom. The topological polar surface area (TPSA) is 66.5 Å². The van der Waals surface area contributed by atoms with Gasteiger partial charge in [0.15, 0.2) is 0 Å². The number of sulfonamides is 1. The highest BCUT2D eigenvalue weighted by atomic mass is 32.2. The van der Waals surface area contributed by atoms with Crippen LogP contribution in [-0.4, -0.2) is 33.2 Å². The Labute approximate surface area is 181 Å². The minimum atomic E-state index is -3.60. The van der Waals surface area contributed by atoms with E-state index in [1.165, 1.54) is 15.4 Å². The lowest BCUT2D eigenvalue weighted by Gasteiger charge is -2.30. The molecule has 5 nitrogen and oxygen atoms in total. The quantitative estimate of drug-likeness (QED) is 0.568. The van der Waals surface area contributed by atoms with Crippen LogP contribution in [0.2, 0.25) is 0 Å². The number of aryl methyl sites for hydroxylation is 2. The minimum absolute atomic E-state index is 0.265. The van der Waals surface area contributed by atoms with Crippen molar-refractivity contribution in [3.8, 4) is 0 Å². The summed E-state index contributed by atoms with van der Waals surface area (Å²) in [6.45, 7) is 8.62. The maximum absolute atomic E-state index is 12.8. The first kappa shape index (κ1) is 23.9. The molecule has 0 aliphatic carbocycles. The van der Waals surface area contributed by atoms with Crippen molar-refractivity contribution in [2.24, 2.45) is 0 Å². The highest BCUT2D eigenvalue weighted by Gasteiger charge is 2.31. The van der Waals surface area contributed by atoms with Crippen LogP contribution in [0.4, 0.5) is 5.69 Å². The van der Waals surface area contributed by atoms with Crippen molar-refractivity contribution in [2.75, 3.05) is 17.1 Å². The number of amides is 1. The summed E-state index contributed by atoms with van der Waals surface area (Å²) >= 11 is 0. The van der Waals surface area contributed by atoms with Gasteiger partial charge in [-0.3, -0.25) is 9.10 Å². The van der Waals surface area contributed by atoms with E-state index >= 15 is 0 Å². The van der Waals surface area contributed by atoms with Gasteiger partial charge in [0.05, 0.1) is 11.9 Å². The zero-order valence-corrected chi connectivity index (χ0v) is 19.5. The van der Waals surface area contributed by atoms with Gasteiger partial charge in [-0.05, 0) is 55.4 Å². The predicted molar refractivity (Wildman–Crippen MR) is 124 cm³/mol. The summed E-state index contributed by atoms with van der Waals surface area (Å²) in [5.41, 5.74) is 4.09. The number of hydrogen-bond donors (Lipinski definition) is 1. The van der Waals surface area contributed by atoms with Crippen LogP contribution in [0.1, 0.15) is 56.2 Å². The maximum atomic E-state index is 12.8. The van der Waals surface area contributed by atoms with Crippen molar-refractivity contribution in [3.63, 3.8) is 0 Å². The Hall–Kier alpha value is -2.34.